The number of methoxy groups -OCH3 is 2. The number of anilines is 2. The number of hydrogen-bond donors (Lipinski definition) is 1. The lowest BCUT2D eigenvalue weighted by Crippen LogP contribution is -2.20. The summed E-state index contributed by atoms with van der Waals surface area (Å²) in [5.74, 6) is 1.18. The second kappa shape index (κ2) is 8.45. The molecule has 140 valence electrons. The number of aromatic nitrogens is 2. The predicted octanol–water partition coefficient (Wildman–Crippen LogP) is 4.95. The molecular formula is C19H17BrClN3O3. The molecule has 0 saturated heterocycles. The summed E-state index contributed by atoms with van der Waals surface area (Å²) in [6.45, 7) is 0.253. The zero-order valence-electron chi connectivity index (χ0n) is 14.7. The molecule has 1 N–H and O–H groups in total. The van der Waals surface area contributed by atoms with Crippen LogP contribution >= 0.6 is 27.5 Å². The maximum Gasteiger partial charge on any atom is 0.236 e. The minimum absolute atomic E-state index is 0.0967. The number of benzene rings is 2. The van der Waals surface area contributed by atoms with Crippen LogP contribution in [0.15, 0.2) is 53.0 Å². The molecule has 0 saturated carbocycles. The minimum Gasteiger partial charge on any atom is -0.508 e. The normalized spacial score (nSPS) is 10.5. The lowest BCUT2D eigenvalue weighted by molar-refractivity contribution is 0.372. The predicted molar refractivity (Wildman–Crippen MR) is 108 cm³/mol. The molecular weight excluding hydrogens is 434 g/mol. The summed E-state index contributed by atoms with van der Waals surface area (Å²) >= 11 is 9.74. The summed E-state index contributed by atoms with van der Waals surface area (Å²) in [6, 6.07) is 14.2. The largest absolute Gasteiger partial charge is 0.508 e. The minimum atomic E-state index is 0.0967. The standard InChI is InChI=1S/C19H17BrClN3O3/c1-26-17-10-18(27-2)23-19(22-17)24(13-8-6-12(20)7-9-13)11-14-15(21)4-3-5-16(14)25/h3-10,25H,11H2,1-2H3. The first-order chi connectivity index (χ1) is 13.0. The number of aromatic hydroxyl groups is 1. The van der Waals surface area contributed by atoms with Crippen molar-refractivity contribution < 1.29 is 14.6 Å². The summed E-state index contributed by atoms with van der Waals surface area (Å²) < 4.78 is 11.5. The highest BCUT2D eigenvalue weighted by atomic mass is 79.9. The number of phenolic OH excluding ortho intramolecular Hbond substituents is 1. The van der Waals surface area contributed by atoms with Crippen molar-refractivity contribution in [3.63, 3.8) is 0 Å². The summed E-state index contributed by atoms with van der Waals surface area (Å²) in [5.41, 5.74) is 1.38. The van der Waals surface area contributed by atoms with Gasteiger partial charge < -0.3 is 19.5 Å². The first-order valence-corrected chi connectivity index (χ1v) is 9.15. The molecule has 6 nitrogen and oxygen atoms in total. The Morgan fingerprint density at radius 2 is 1.67 bits per heavy atom. The lowest BCUT2D eigenvalue weighted by Gasteiger charge is -2.24. The molecule has 0 aliphatic carbocycles. The molecule has 2 aromatic carbocycles. The number of phenols is 1. The molecule has 27 heavy (non-hydrogen) atoms. The molecule has 0 spiro atoms. The van der Waals surface area contributed by atoms with E-state index in [0.29, 0.717) is 28.3 Å². The number of ether oxygens (including phenoxy) is 2. The van der Waals surface area contributed by atoms with Gasteiger partial charge in [-0.25, -0.2) is 0 Å². The molecule has 3 rings (SSSR count). The van der Waals surface area contributed by atoms with Gasteiger partial charge in [0.25, 0.3) is 0 Å². The fourth-order valence-electron chi connectivity index (χ4n) is 2.48. The van der Waals surface area contributed by atoms with E-state index in [9.17, 15) is 5.11 Å². The number of hydrogen-bond acceptors (Lipinski definition) is 6. The molecule has 0 aliphatic rings. The highest BCUT2D eigenvalue weighted by Gasteiger charge is 2.19. The third kappa shape index (κ3) is 4.43. The second-order valence-electron chi connectivity index (χ2n) is 5.55. The summed E-state index contributed by atoms with van der Waals surface area (Å²) in [4.78, 5) is 10.7. The Hall–Kier alpha value is -2.51. The van der Waals surface area contributed by atoms with E-state index in [-0.39, 0.29) is 12.3 Å². The Morgan fingerprint density at radius 3 is 2.22 bits per heavy atom. The molecule has 0 unspecified atom stereocenters. The van der Waals surface area contributed by atoms with Crippen molar-refractivity contribution in [1.82, 2.24) is 9.97 Å². The zero-order chi connectivity index (χ0) is 19.4. The summed E-state index contributed by atoms with van der Waals surface area (Å²) in [5, 5.41) is 10.7. The van der Waals surface area contributed by atoms with Crippen LogP contribution in [0.3, 0.4) is 0 Å². The van der Waals surface area contributed by atoms with Crippen molar-refractivity contribution in [2.45, 2.75) is 6.54 Å². The molecule has 0 radical (unpaired) electrons. The summed E-state index contributed by atoms with van der Waals surface area (Å²) in [7, 11) is 3.05. The number of nitrogens with zero attached hydrogens (tertiary/aromatic N) is 3. The van der Waals surface area contributed by atoms with Crippen LogP contribution in [0.25, 0.3) is 0 Å². The van der Waals surface area contributed by atoms with Crippen LogP contribution in [0.1, 0.15) is 5.56 Å². The van der Waals surface area contributed by atoms with Crippen molar-refractivity contribution in [1.29, 1.82) is 0 Å². The average molecular weight is 451 g/mol. The lowest BCUT2D eigenvalue weighted by atomic mass is 10.1. The van der Waals surface area contributed by atoms with Crippen molar-refractivity contribution in [2.75, 3.05) is 19.1 Å². The van der Waals surface area contributed by atoms with Gasteiger partial charge in [0.2, 0.25) is 17.7 Å². The molecule has 1 aromatic heterocycles. The highest BCUT2D eigenvalue weighted by molar-refractivity contribution is 9.10. The Bertz CT molecular complexity index is 895. The van der Waals surface area contributed by atoms with E-state index in [1.54, 1.807) is 24.3 Å². The highest BCUT2D eigenvalue weighted by Crippen LogP contribution is 2.33. The van der Waals surface area contributed by atoms with Crippen LogP contribution in [0.5, 0.6) is 17.5 Å². The Labute approximate surface area is 170 Å². The van der Waals surface area contributed by atoms with Gasteiger partial charge >= 0.3 is 0 Å². The summed E-state index contributed by atoms with van der Waals surface area (Å²) in [6.07, 6.45) is 0. The molecule has 0 bridgehead atoms. The van der Waals surface area contributed by atoms with E-state index in [0.717, 1.165) is 10.2 Å². The van der Waals surface area contributed by atoms with Crippen LogP contribution in [0, 0.1) is 0 Å². The Kier molecular flexibility index (Phi) is 6.03. The first kappa shape index (κ1) is 19.3. The molecule has 0 aliphatic heterocycles. The molecule has 0 fully saturated rings. The van der Waals surface area contributed by atoms with Crippen LogP contribution < -0.4 is 14.4 Å². The van der Waals surface area contributed by atoms with Gasteiger partial charge in [-0.05, 0) is 36.4 Å². The van der Waals surface area contributed by atoms with Crippen molar-refractivity contribution in [2.24, 2.45) is 0 Å². The monoisotopic (exact) mass is 449 g/mol. The van der Waals surface area contributed by atoms with Gasteiger partial charge in [-0.2, -0.15) is 9.97 Å². The van der Waals surface area contributed by atoms with Crippen LogP contribution in [0.2, 0.25) is 5.02 Å². The molecule has 1 heterocycles. The smallest absolute Gasteiger partial charge is 0.236 e. The van der Waals surface area contributed by atoms with E-state index in [2.05, 4.69) is 25.9 Å². The average Bonchev–Trinajstić information content (AvgIpc) is 2.68. The number of rotatable bonds is 6. The molecule has 8 heteroatoms. The van der Waals surface area contributed by atoms with Crippen molar-refractivity contribution in [3.05, 3.63) is 63.6 Å². The van der Waals surface area contributed by atoms with Crippen molar-refractivity contribution >= 4 is 39.2 Å². The second-order valence-corrected chi connectivity index (χ2v) is 6.88. The third-order valence-electron chi connectivity index (χ3n) is 3.88. The molecule has 0 amide bonds. The van der Waals surface area contributed by atoms with E-state index >= 15 is 0 Å². The van der Waals surface area contributed by atoms with Gasteiger partial charge in [0.1, 0.15) is 5.75 Å². The van der Waals surface area contributed by atoms with Gasteiger partial charge in [-0.15, -0.1) is 0 Å². The van der Waals surface area contributed by atoms with Crippen LogP contribution in [0.4, 0.5) is 11.6 Å². The quantitative estimate of drug-likeness (QED) is 0.573. The maximum absolute atomic E-state index is 10.3. The Balaban J connectivity index is 2.12. The first-order valence-electron chi connectivity index (χ1n) is 7.98. The Morgan fingerprint density at radius 1 is 1.04 bits per heavy atom. The molecule has 3 aromatic rings. The fourth-order valence-corrected chi connectivity index (χ4v) is 2.98. The van der Waals surface area contributed by atoms with E-state index in [4.69, 9.17) is 21.1 Å². The number of halogens is 2. The SMILES string of the molecule is COc1cc(OC)nc(N(Cc2c(O)cccc2Cl)c2ccc(Br)cc2)n1. The van der Waals surface area contributed by atoms with Gasteiger partial charge in [0.15, 0.2) is 0 Å². The van der Waals surface area contributed by atoms with Crippen LogP contribution in [-0.2, 0) is 6.54 Å². The van der Waals surface area contributed by atoms with E-state index in [1.165, 1.54) is 14.2 Å². The van der Waals surface area contributed by atoms with Gasteiger partial charge in [0.05, 0.1) is 26.8 Å². The third-order valence-corrected chi connectivity index (χ3v) is 4.76. The molecule has 0 atom stereocenters. The fraction of sp³-hybridized carbons (Fsp3) is 0.158. The van der Waals surface area contributed by atoms with Gasteiger partial charge in [-0.1, -0.05) is 33.6 Å². The van der Waals surface area contributed by atoms with Crippen LogP contribution in [-0.4, -0.2) is 29.3 Å². The van der Waals surface area contributed by atoms with E-state index < -0.39 is 0 Å². The van der Waals surface area contributed by atoms with Crippen molar-refractivity contribution in [3.8, 4) is 17.5 Å². The van der Waals surface area contributed by atoms with Gasteiger partial charge in [0, 0.05) is 20.7 Å². The maximum atomic E-state index is 10.3. The zero-order valence-corrected chi connectivity index (χ0v) is 17.0. The van der Waals surface area contributed by atoms with Gasteiger partial charge in [-0.3, -0.25) is 0 Å². The van der Waals surface area contributed by atoms with E-state index in [1.807, 2.05) is 29.2 Å². The topological polar surface area (TPSA) is 67.7 Å².